The summed E-state index contributed by atoms with van der Waals surface area (Å²) in [4.78, 5) is 12.2. The summed E-state index contributed by atoms with van der Waals surface area (Å²) in [6.45, 7) is 0.570. The lowest BCUT2D eigenvalue weighted by Gasteiger charge is -2.21. The van der Waals surface area contributed by atoms with Gasteiger partial charge in [0, 0.05) is 22.8 Å². The summed E-state index contributed by atoms with van der Waals surface area (Å²) in [5.74, 6) is -0.0554. The number of hydrogen-bond donors (Lipinski definition) is 2. The lowest BCUT2D eigenvalue weighted by Crippen LogP contribution is -2.27. The number of rotatable bonds is 7. The molecule has 0 aliphatic heterocycles. The van der Waals surface area contributed by atoms with Crippen LogP contribution in [-0.4, -0.2) is 12.5 Å². The van der Waals surface area contributed by atoms with Crippen LogP contribution in [0.5, 0.6) is 0 Å². The molecule has 0 bridgehead atoms. The molecular weight excluding hydrogens is 344 g/mol. The van der Waals surface area contributed by atoms with E-state index in [9.17, 15) is 4.79 Å². The topological polar surface area (TPSA) is 41.1 Å². The van der Waals surface area contributed by atoms with Crippen molar-refractivity contribution in [2.24, 2.45) is 0 Å². The van der Waals surface area contributed by atoms with Gasteiger partial charge in [0.25, 0.3) is 5.91 Å². The number of amides is 1. The van der Waals surface area contributed by atoms with Crippen molar-refractivity contribution < 1.29 is 4.79 Å². The number of halogens is 1. The van der Waals surface area contributed by atoms with Crippen molar-refractivity contribution in [3.63, 3.8) is 0 Å². The molecule has 0 aliphatic carbocycles. The van der Waals surface area contributed by atoms with Crippen molar-refractivity contribution in [3.8, 4) is 0 Å². The normalized spacial score (nSPS) is 11.6. The molecule has 132 valence electrons. The summed E-state index contributed by atoms with van der Waals surface area (Å²) < 4.78 is 0. The van der Waals surface area contributed by atoms with Crippen molar-refractivity contribution in [3.05, 3.63) is 101 Å². The Morgan fingerprint density at radius 3 is 2.27 bits per heavy atom. The molecule has 3 aromatic rings. The Balaban J connectivity index is 1.65. The van der Waals surface area contributed by atoms with Crippen molar-refractivity contribution in [2.75, 3.05) is 11.9 Å². The van der Waals surface area contributed by atoms with E-state index in [-0.39, 0.29) is 11.9 Å². The van der Waals surface area contributed by atoms with Gasteiger partial charge in [-0.1, -0.05) is 66.2 Å². The number of nitrogens with one attached hydrogen (secondary N) is 2. The van der Waals surface area contributed by atoms with E-state index in [1.165, 1.54) is 5.56 Å². The van der Waals surface area contributed by atoms with Gasteiger partial charge in [0.15, 0.2) is 0 Å². The van der Waals surface area contributed by atoms with Crippen LogP contribution in [0.3, 0.4) is 0 Å². The maximum Gasteiger partial charge on any atom is 0.251 e. The van der Waals surface area contributed by atoms with Crippen LogP contribution in [0, 0.1) is 0 Å². The van der Waals surface area contributed by atoms with E-state index in [4.69, 9.17) is 11.6 Å². The van der Waals surface area contributed by atoms with Crippen LogP contribution in [0.2, 0.25) is 5.02 Å². The highest BCUT2D eigenvalue weighted by molar-refractivity contribution is 6.30. The third kappa shape index (κ3) is 5.11. The molecule has 0 spiro atoms. The second-order valence-electron chi connectivity index (χ2n) is 6.03. The van der Waals surface area contributed by atoms with E-state index in [1.807, 2.05) is 72.8 Å². The van der Waals surface area contributed by atoms with E-state index >= 15 is 0 Å². The first-order valence-corrected chi connectivity index (χ1v) is 9.00. The smallest absolute Gasteiger partial charge is 0.251 e. The van der Waals surface area contributed by atoms with Gasteiger partial charge in [0.2, 0.25) is 0 Å². The third-order valence-electron chi connectivity index (χ3n) is 4.12. The number of anilines is 1. The number of hydrogen-bond acceptors (Lipinski definition) is 2. The van der Waals surface area contributed by atoms with Gasteiger partial charge in [0.1, 0.15) is 0 Å². The Hall–Kier alpha value is -2.78. The average molecular weight is 365 g/mol. The van der Waals surface area contributed by atoms with Crippen molar-refractivity contribution in [1.82, 2.24) is 5.32 Å². The van der Waals surface area contributed by atoms with Gasteiger partial charge in [0.05, 0.1) is 6.04 Å². The Morgan fingerprint density at radius 2 is 1.58 bits per heavy atom. The molecule has 1 unspecified atom stereocenters. The monoisotopic (exact) mass is 364 g/mol. The minimum absolute atomic E-state index is 0.0554. The summed E-state index contributed by atoms with van der Waals surface area (Å²) in [7, 11) is 0. The zero-order valence-corrected chi connectivity index (χ0v) is 15.1. The summed E-state index contributed by atoms with van der Waals surface area (Å²) in [5, 5.41) is 7.20. The van der Waals surface area contributed by atoms with E-state index in [1.54, 1.807) is 0 Å². The van der Waals surface area contributed by atoms with E-state index < -0.39 is 0 Å². The molecule has 0 heterocycles. The average Bonchev–Trinajstić information content (AvgIpc) is 2.68. The highest BCUT2D eigenvalue weighted by atomic mass is 35.5. The van der Waals surface area contributed by atoms with Crippen LogP contribution in [0.25, 0.3) is 0 Å². The molecule has 0 radical (unpaired) electrons. The third-order valence-corrected chi connectivity index (χ3v) is 4.36. The van der Waals surface area contributed by atoms with Crippen molar-refractivity contribution in [2.45, 2.75) is 12.5 Å². The van der Waals surface area contributed by atoms with Gasteiger partial charge in [-0.3, -0.25) is 4.79 Å². The van der Waals surface area contributed by atoms with Gasteiger partial charge in [-0.2, -0.15) is 0 Å². The fourth-order valence-electron chi connectivity index (χ4n) is 2.81. The molecule has 3 aromatic carbocycles. The molecule has 1 amide bonds. The van der Waals surface area contributed by atoms with Crippen LogP contribution in [0.1, 0.15) is 28.4 Å². The predicted molar refractivity (Wildman–Crippen MR) is 108 cm³/mol. The van der Waals surface area contributed by atoms with E-state index in [0.717, 1.165) is 12.1 Å². The maximum absolute atomic E-state index is 12.2. The summed E-state index contributed by atoms with van der Waals surface area (Å²) >= 11 is 6.09. The van der Waals surface area contributed by atoms with Crippen molar-refractivity contribution in [1.29, 1.82) is 0 Å². The minimum atomic E-state index is -0.0554. The molecule has 2 N–H and O–H groups in total. The second kappa shape index (κ2) is 9.07. The van der Waals surface area contributed by atoms with Crippen LogP contribution < -0.4 is 10.6 Å². The first kappa shape index (κ1) is 18.0. The Morgan fingerprint density at radius 1 is 0.885 bits per heavy atom. The molecule has 26 heavy (non-hydrogen) atoms. The molecule has 0 saturated heterocycles. The fraction of sp³-hybridized carbons (Fsp3) is 0.136. The maximum atomic E-state index is 12.2. The second-order valence-corrected chi connectivity index (χ2v) is 6.46. The SMILES string of the molecule is O=C(NCCC(Nc1cccc(Cl)c1)c1ccccc1)c1ccccc1. The molecule has 1 atom stereocenters. The molecule has 3 rings (SSSR count). The number of benzene rings is 3. The first-order valence-electron chi connectivity index (χ1n) is 8.62. The van der Waals surface area contributed by atoms with E-state index in [2.05, 4.69) is 22.8 Å². The van der Waals surface area contributed by atoms with Crippen LogP contribution in [0.4, 0.5) is 5.69 Å². The van der Waals surface area contributed by atoms with Crippen LogP contribution in [0.15, 0.2) is 84.9 Å². The molecule has 3 nitrogen and oxygen atoms in total. The largest absolute Gasteiger partial charge is 0.378 e. The Kier molecular flexibility index (Phi) is 6.29. The van der Waals surface area contributed by atoms with Gasteiger partial charge in [-0.05, 0) is 42.3 Å². The number of carbonyl (C=O) groups excluding carboxylic acids is 1. The molecule has 0 aliphatic rings. The zero-order chi connectivity index (χ0) is 18.2. The zero-order valence-electron chi connectivity index (χ0n) is 14.4. The number of carbonyl (C=O) groups is 1. The van der Waals surface area contributed by atoms with Crippen LogP contribution in [-0.2, 0) is 0 Å². The van der Waals surface area contributed by atoms with Crippen molar-refractivity contribution >= 4 is 23.2 Å². The molecule has 0 fully saturated rings. The highest BCUT2D eigenvalue weighted by Crippen LogP contribution is 2.24. The Labute approximate surface area is 159 Å². The van der Waals surface area contributed by atoms with Crippen LogP contribution >= 0.6 is 11.6 Å². The summed E-state index contributed by atoms with van der Waals surface area (Å²) in [5.41, 5.74) is 2.80. The predicted octanol–water partition coefficient (Wildman–Crippen LogP) is 5.31. The lowest BCUT2D eigenvalue weighted by molar-refractivity contribution is 0.0952. The summed E-state index contributed by atoms with van der Waals surface area (Å²) in [6.07, 6.45) is 0.759. The Bertz CT molecular complexity index is 837. The molecule has 0 aromatic heterocycles. The molecule has 4 heteroatoms. The van der Waals surface area contributed by atoms with Gasteiger partial charge >= 0.3 is 0 Å². The minimum Gasteiger partial charge on any atom is -0.378 e. The van der Waals surface area contributed by atoms with Gasteiger partial charge in [-0.25, -0.2) is 0 Å². The highest BCUT2D eigenvalue weighted by Gasteiger charge is 2.12. The van der Waals surface area contributed by atoms with Gasteiger partial charge < -0.3 is 10.6 Å². The first-order chi connectivity index (χ1) is 12.7. The molecular formula is C22H21ClN2O. The quantitative estimate of drug-likeness (QED) is 0.596. The molecule has 0 saturated carbocycles. The standard InChI is InChI=1S/C22H21ClN2O/c23-19-12-7-13-20(16-19)25-21(17-8-3-1-4-9-17)14-15-24-22(26)18-10-5-2-6-11-18/h1-13,16,21,25H,14-15H2,(H,24,26). The van der Waals surface area contributed by atoms with E-state index in [0.29, 0.717) is 17.1 Å². The fourth-order valence-corrected chi connectivity index (χ4v) is 3.00. The summed E-state index contributed by atoms with van der Waals surface area (Å²) in [6, 6.07) is 27.2. The lowest BCUT2D eigenvalue weighted by atomic mass is 10.0. The van der Waals surface area contributed by atoms with Gasteiger partial charge in [-0.15, -0.1) is 0 Å².